The second-order valence-electron chi connectivity index (χ2n) is 10.3. The number of rotatable bonds is 8. The molecule has 3 aromatic rings. The summed E-state index contributed by atoms with van der Waals surface area (Å²) in [6, 6.07) is 12.7. The number of anilines is 1. The van der Waals surface area contributed by atoms with Crippen molar-refractivity contribution < 1.29 is 9.26 Å². The number of likely N-dealkylation sites (tertiary alicyclic amines) is 1. The number of nitrogens with zero attached hydrogens (tertiary/aromatic N) is 4. The molecule has 2 aliphatic rings. The van der Waals surface area contributed by atoms with E-state index in [0.717, 1.165) is 81.1 Å². The van der Waals surface area contributed by atoms with Gasteiger partial charge in [0.2, 0.25) is 0 Å². The Morgan fingerprint density at radius 1 is 1.00 bits per heavy atom. The fourth-order valence-electron chi connectivity index (χ4n) is 5.47. The highest BCUT2D eigenvalue weighted by Gasteiger charge is 2.23. The molecule has 3 heterocycles. The van der Waals surface area contributed by atoms with Gasteiger partial charge in [0, 0.05) is 47.8 Å². The van der Waals surface area contributed by atoms with Gasteiger partial charge in [0.15, 0.2) is 5.58 Å². The molecule has 7 heteroatoms. The lowest BCUT2D eigenvalue weighted by Gasteiger charge is -2.32. The van der Waals surface area contributed by atoms with E-state index in [1.54, 1.807) is 0 Å². The molecule has 2 aliphatic heterocycles. The molecule has 2 fully saturated rings. The number of fused-ring (bicyclic) bond motifs is 1. The Morgan fingerprint density at radius 3 is 2.46 bits per heavy atom. The Balaban J connectivity index is 1.22. The first-order valence-corrected chi connectivity index (χ1v) is 13.3. The van der Waals surface area contributed by atoms with E-state index < -0.39 is 0 Å². The average Bonchev–Trinajstić information content (AvgIpc) is 3.29. The predicted octanol–water partition coefficient (Wildman–Crippen LogP) is 5.22. The van der Waals surface area contributed by atoms with E-state index in [1.165, 1.54) is 41.5 Å². The number of piperidine rings is 1. The number of ether oxygens (including phenoxy) is 1. The van der Waals surface area contributed by atoms with Crippen LogP contribution in [0.2, 0.25) is 5.02 Å². The Hall–Kier alpha value is -2.12. The van der Waals surface area contributed by atoms with Crippen molar-refractivity contribution in [3.63, 3.8) is 0 Å². The largest absolute Gasteiger partial charge is 0.378 e. The second-order valence-corrected chi connectivity index (χ2v) is 10.7. The van der Waals surface area contributed by atoms with Gasteiger partial charge in [0.1, 0.15) is 0 Å². The number of aryl methyl sites for hydroxylation is 1. The molecule has 5 rings (SSSR count). The molecule has 35 heavy (non-hydrogen) atoms. The van der Waals surface area contributed by atoms with Gasteiger partial charge in [-0.2, -0.15) is 0 Å². The molecular weight excluding hydrogens is 460 g/mol. The fraction of sp³-hybridized carbons (Fsp3) is 0.536. The van der Waals surface area contributed by atoms with Crippen molar-refractivity contribution in [2.45, 2.75) is 38.8 Å². The Morgan fingerprint density at radius 2 is 1.74 bits per heavy atom. The summed E-state index contributed by atoms with van der Waals surface area (Å²) in [5, 5.41) is 6.54. The summed E-state index contributed by atoms with van der Waals surface area (Å²) in [6.45, 7) is 7.56. The highest BCUT2D eigenvalue weighted by Crippen LogP contribution is 2.33. The van der Waals surface area contributed by atoms with Crippen LogP contribution in [0.25, 0.3) is 11.0 Å². The standard InChI is InChI=1S/C28H37ClN4O2/c1-31(2)20-25-27(33-15-17-34-18-16-33)10-8-24-26(30-35-28(24)25)9-5-21-11-13-32(14-12-21)19-22-3-6-23(29)7-4-22/h3-4,6-8,10,21H,5,9,11-20H2,1-2H3. The van der Waals surface area contributed by atoms with E-state index in [4.69, 9.17) is 20.9 Å². The summed E-state index contributed by atoms with van der Waals surface area (Å²) in [6.07, 6.45) is 4.64. The summed E-state index contributed by atoms with van der Waals surface area (Å²) in [4.78, 5) is 7.19. The zero-order valence-corrected chi connectivity index (χ0v) is 21.8. The molecular formula is C28H37ClN4O2. The van der Waals surface area contributed by atoms with Gasteiger partial charge in [-0.15, -0.1) is 0 Å². The molecule has 0 spiro atoms. The molecule has 0 saturated carbocycles. The molecule has 0 aliphatic carbocycles. The third-order valence-electron chi connectivity index (χ3n) is 7.44. The smallest absolute Gasteiger partial charge is 0.173 e. The van der Waals surface area contributed by atoms with Gasteiger partial charge in [-0.3, -0.25) is 4.90 Å². The summed E-state index contributed by atoms with van der Waals surface area (Å²) in [5.74, 6) is 0.747. The van der Waals surface area contributed by atoms with Crippen LogP contribution in [0.1, 0.15) is 36.1 Å². The van der Waals surface area contributed by atoms with E-state index in [1.807, 2.05) is 12.1 Å². The summed E-state index contributed by atoms with van der Waals surface area (Å²) in [7, 11) is 4.22. The first-order chi connectivity index (χ1) is 17.1. The average molecular weight is 497 g/mol. The number of morpholine rings is 1. The number of hydrogen-bond donors (Lipinski definition) is 0. The SMILES string of the molecule is CN(C)Cc1c(N2CCOCC2)ccc2c(CCC3CCN(Cc4ccc(Cl)cc4)CC3)noc12. The Kier molecular flexibility index (Phi) is 7.93. The van der Waals surface area contributed by atoms with Crippen molar-refractivity contribution in [3.8, 4) is 0 Å². The van der Waals surface area contributed by atoms with Crippen LogP contribution in [0.15, 0.2) is 40.9 Å². The number of halogens is 1. The number of hydrogen-bond acceptors (Lipinski definition) is 6. The van der Waals surface area contributed by atoms with Crippen LogP contribution in [0.3, 0.4) is 0 Å². The lowest BCUT2D eigenvalue weighted by Crippen LogP contribution is -2.37. The minimum Gasteiger partial charge on any atom is -0.378 e. The van der Waals surface area contributed by atoms with E-state index in [2.05, 4.69) is 58.2 Å². The second kappa shape index (κ2) is 11.3. The van der Waals surface area contributed by atoms with Crippen molar-refractivity contribution in [3.05, 3.63) is 58.2 Å². The maximum atomic E-state index is 6.03. The van der Waals surface area contributed by atoms with Gasteiger partial charge in [-0.05, 0) is 88.6 Å². The zero-order chi connectivity index (χ0) is 24.2. The zero-order valence-electron chi connectivity index (χ0n) is 21.0. The van der Waals surface area contributed by atoms with Crippen LogP contribution >= 0.6 is 11.6 Å². The van der Waals surface area contributed by atoms with Crippen molar-refractivity contribution in [2.24, 2.45) is 5.92 Å². The summed E-state index contributed by atoms with van der Waals surface area (Å²) in [5.41, 5.74) is 5.90. The van der Waals surface area contributed by atoms with Crippen molar-refractivity contribution >= 4 is 28.3 Å². The summed E-state index contributed by atoms with van der Waals surface area (Å²) < 4.78 is 11.6. The molecule has 0 radical (unpaired) electrons. The monoisotopic (exact) mass is 496 g/mol. The maximum Gasteiger partial charge on any atom is 0.173 e. The molecule has 0 N–H and O–H groups in total. The van der Waals surface area contributed by atoms with E-state index in [9.17, 15) is 0 Å². The highest BCUT2D eigenvalue weighted by atomic mass is 35.5. The van der Waals surface area contributed by atoms with E-state index in [0.29, 0.717) is 0 Å². The molecule has 188 valence electrons. The topological polar surface area (TPSA) is 45.0 Å². The minimum absolute atomic E-state index is 0.747. The van der Waals surface area contributed by atoms with Crippen LogP contribution in [0, 0.1) is 5.92 Å². The normalized spacial score (nSPS) is 18.1. The van der Waals surface area contributed by atoms with Gasteiger partial charge >= 0.3 is 0 Å². The van der Waals surface area contributed by atoms with Gasteiger partial charge in [0.25, 0.3) is 0 Å². The maximum absolute atomic E-state index is 6.03. The summed E-state index contributed by atoms with van der Waals surface area (Å²) >= 11 is 6.03. The lowest BCUT2D eigenvalue weighted by atomic mass is 9.91. The van der Waals surface area contributed by atoms with Crippen molar-refractivity contribution in [2.75, 3.05) is 58.4 Å². The molecule has 0 bridgehead atoms. The third-order valence-corrected chi connectivity index (χ3v) is 7.69. The molecule has 6 nitrogen and oxygen atoms in total. The van der Waals surface area contributed by atoms with Gasteiger partial charge in [0.05, 0.1) is 18.9 Å². The van der Waals surface area contributed by atoms with Crippen LogP contribution in [-0.2, 0) is 24.2 Å². The first kappa shape index (κ1) is 24.6. The molecule has 1 aromatic heterocycles. The Labute approximate surface area is 213 Å². The highest BCUT2D eigenvalue weighted by molar-refractivity contribution is 6.30. The van der Waals surface area contributed by atoms with Crippen LogP contribution in [0.5, 0.6) is 0 Å². The van der Waals surface area contributed by atoms with Gasteiger partial charge in [-0.25, -0.2) is 0 Å². The molecule has 0 atom stereocenters. The molecule has 0 amide bonds. The first-order valence-electron chi connectivity index (χ1n) is 12.9. The molecule has 0 unspecified atom stereocenters. The van der Waals surface area contributed by atoms with Gasteiger partial charge in [-0.1, -0.05) is 28.9 Å². The number of aromatic nitrogens is 1. The fourth-order valence-corrected chi connectivity index (χ4v) is 5.60. The molecule has 2 aromatic carbocycles. The van der Waals surface area contributed by atoms with Gasteiger partial charge < -0.3 is 19.1 Å². The third kappa shape index (κ3) is 6.00. The van der Waals surface area contributed by atoms with Crippen LogP contribution in [-0.4, -0.2) is 68.4 Å². The lowest BCUT2D eigenvalue weighted by molar-refractivity contribution is 0.122. The van der Waals surface area contributed by atoms with E-state index >= 15 is 0 Å². The predicted molar refractivity (Wildman–Crippen MR) is 142 cm³/mol. The minimum atomic E-state index is 0.747. The Bertz CT molecular complexity index is 1100. The molecule has 2 saturated heterocycles. The van der Waals surface area contributed by atoms with Crippen molar-refractivity contribution in [1.82, 2.24) is 15.0 Å². The van der Waals surface area contributed by atoms with Crippen molar-refractivity contribution in [1.29, 1.82) is 0 Å². The quantitative estimate of drug-likeness (QED) is 0.426. The number of benzene rings is 2. The van der Waals surface area contributed by atoms with Crippen LogP contribution < -0.4 is 4.90 Å². The van der Waals surface area contributed by atoms with Crippen LogP contribution in [0.4, 0.5) is 5.69 Å². The van der Waals surface area contributed by atoms with E-state index in [-0.39, 0.29) is 0 Å².